The zero-order valence-electron chi connectivity index (χ0n) is 21.3. The number of carbonyl (C=O) groups is 1. The van der Waals surface area contributed by atoms with Gasteiger partial charge in [0, 0.05) is 17.8 Å². The number of likely N-dealkylation sites (tertiary alicyclic amines) is 1. The lowest BCUT2D eigenvalue weighted by Crippen LogP contribution is -2.38. The first-order valence-corrected chi connectivity index (χ1v) is 15.3. The van der Waals surface area contributed by atoms with E-state index >= 15 is 0 Å². The number of sulfonamides is 1. The van der Waals surface area contributed by atoms with Gasteiger partial charge in [-0.1, -0.05) is 60.2 Å². The van der Waals surface area contributed by atoms with Crippen LogP contribution in [-0.2, 0) is 23.0 Å². The zero-order valence-corrected chi connectivity index (χ0v) is 22.9. The molecule has 0 unspecified atom stereocenters. The fraction of sp³-hybridized carbons (Fsp3) is 0.300. The Morgan fingerprint density at radius 3 is 2.32 bits per heavy atom. The van der Waals surface area contributed by atoms with Gasteiger partial charge in [-0.3, -0.25) is 9.10 Å². The number of amides is 1. The summed E-state index contributed by atoms with van der Waals surface area (Å²) in [5.74, 6) is 0.674. The molecule has 5 nitrogen and oxygen atoms in total. The molecule has 7 heteroatoms. The van der Waals surface area contributed by atoms with E-state index in [4.69, 9.17) is 0 Å². The van der Waals surface area contributed by atoms with Crippen LogP contribution in [0.2, 0.25) is 0 Å². The molecule has 1 fully saturated rings. The summed E-state index contributed by atoms with van der Waals surface area (Å²) in [5.41, 5.74) is 4.02. The van der Waals surface area contributed by atoms with Gasteiger partial charge >= 0.3 is 0 Å². The number of nitrogens with zero attached hydrogens (tertiary/aromatic N) is 2. The van der Waals surface area contributed by atoms with Gasteiger partial charge in [0.25, 0.3) is 5.91 Å². The number of anilines is 1. The fourth-order valence-electron chi connectivity index (χ4n) is 4.99. The molecule has 1 aliphatic rings. The lowest BCUT2D eigenvalue weighted by atomic mass is 9.90. The van der Waals surface area contributed by atoms with Gasteiger partial charge in [0.1, 0.15) is 0 Å². The maximum absolute atomic E-state index is 13.3. The van der Waals surface area contributed by atoms with Gasteiger partial charge in [0.15, 0.2) is 0 Å². The number of fused-ring (bicyclic) bond motifs is 1. The first kappa shape index (κ1) is 25.5. The van der Waals surface area contributed by atoms with E-state index in [2.05, 4.69) is 24.3 Å². The summed E-state index contributed by atoms with van der Waals surface area (Å²) in [7, 11) is -3.49. The van der Waals surface area contributed by atoms with E-state index in [9.17, 15) is 13.2 Å². The highest BCUT2D eigenvalue weighted by Gasteiger charge is 2.25. The highest BCUT2D eigenvalue weighted by molar-refractivity contribution is 7.92. The van der Waals surface area contributed by atoms with Gasteiger partial charge in [0.2, 0.25) is 10.0 Å². The minimum Gasteiger partial charge on any atom is -0.338 e. The molecule has 0 atom stereocenters. The van der Waals surface area contributed by atoms with Crippen LogP contribution in [0, 0.1) is 12.8 Å². The number of aryl methyl sites for hydroxylation is 1. The van der Waals surface area contributed by atoms with Gasteiger partial charge in [-0.05, 0) is 72.9 Å². The average Bonchev–Trinajstić information content (AvgIpc) is 3.32. The Hall–Kier alpha value is -3.16. The van der Waals surface area contributed by atoms with Crippen molar-refractivity contribution in [2.45, 2.75) is 32.7 Å². The van der Waals surface area contributed by atoms with Crippen molar-refractivity contribution in [3.8, 4) is 0 Å². The van der Waals surface area contributed by atoms with Crippen molar-refractivity contribution in [2.24, 2.45) is 5.92 Å². The zero-order chi connectivity index (χ0) is 26.0. The predicted octanol–water partition coefficient (Wildman–Crippen LogP) is 6.27. The van der Waals surface area contributed by atoms with Crippen LogP contribution in [0.15, 0.2) is 78.9 Å². The van der Waals surface area contributed by atoms with Crippen LogP contribution < -0.4 is 4.31 Å². The van der Waals surface area contributed by atoms with Crippen LogP contribution in [0.1, 0.15) is 39.2 Å². The molecule has 0 radical (unpaired) electrons. The number of hydrogen-bond donors (Lipinski definition) is 0. The molecule has 1 aromatic heterocycles. The molecule has 0 spiro atoms. The molecule has 0 N–H and O–H groups in total. The molecule has 0 saturated carbocycles. The largest absolute Gasteiger partial charge is 0.338 e. The van der Waals surface area contributed by atoms with E-state index < -0.39 is 10.0 Å². The van der Waals surface area contributed by atoms with Gasteiger partial charge in [0.05, 0.1) is 23.4 Å². The topological polar surface area (TPSA) is 57.7 Å². The molecule has 0 bridgehead atoms. The highest BCUT2D eigenvalue weighted by Crippen LogP contribution is 2.33. The van der Waals surface area contributed by atoms with E-state index in [1.807, 2.05) is 66.4 Å². The average molecular weight is 533 g/mol. The summed E-state index contributed by atoms with van der Waals surface area (Å²) < 4.78 is 27.7. The van der Waals surface area contributed by atoms with Crippen LogP contribution in [0.3, 0.4) is 0 Å². The fourth-order valence-corrected chi connectivity index (χ4v) is 6.89. The summed E-state index contributed by atoms with van der Waals surface area (Å²) in [6.45, 7) is 3.81. The molecular weight excluding hydrogens is 500 g/mol. The second-order valence-electron chi connectivity index (χ2n) is 10.0. The van der Waals surface area contributed by atoms with E-state index in [0.29, 0.717) is 16.5 Å². The lowest BCUT2D eigenvalue weighted by molar-refractivity contribution is 0.0695. The number of piperidine rings is 1. The number of carbonyl (C=O) groups excluding carboxylic acids is 1. The molecule has 192 valence electrons. The molecule has 1 aliphatic heterocycles. The summed E-state index contributed by atoms with van der Waals surface area (Å²) >= 11 is 1.48. The Kier molecular flexibility index (Phi) is 7.36. The maximum Gasteiger partial charge on any atom is 0.263 e. The molecule has 1 saturated heterocycles. The normalized spacial score (nSPS) is 14.7. The molecule has 1 amide bonds. The number of hydrogen-bond acceptors (Lipinski definition) is 4. The first-order valence-electron chi connectivity index (χ1n) is 12.7. The van der Waals surface area contributed by atoms with Gasteiger partial charge in [-0.25, -0.2) is 8.42 Å². The third kappa shape index (κ3) is 6.05. The molecule has 2 heterocycles. The molecule has 4 aromatic rings. The monoisotopic (exact) mass is 532 g/mol. The Labute approximate surface area is 223 Å². The number of thiophene rings is 1. The van der Waals surface area contributed by atoms with Crippen molar-refractivity contribution in [3.63, 3.8) is 0 Å². The van der Waals surface area contributed by atoms with E-state index in [-0.39, 0.29) is 12.5 Å². The SMILES string of the molecule is Cc1ccc(CN(c2ccc3sc(C(=O)N4CCC(Cc5ccccc5)CC4)cc3c2)S(C)(=O)=O)cc1. The van der Waals surface area contributed by atoms with Crippen molar-refractivity contribution < 1.29 is 13.2 Å². The van der Waals surface area contributed by atoms with Crippen molar-refractivity contribution >= 4 is 43.0 Å². The third-order valence-corrected chi connectivity index (χ3v) is 9.36. The first-order chi connectivity index (χ1) is 17.8. The van der Waals surface area contributed by atoms with Crippen molar-refractivity contribution in [3.05, 3.63) is 100 Å². The molecule has 3 aromatic carbocycles. The summed E-state index contributed by atoms with van der Waals surface area (Å²) in [6.07, 6.45) is 4.32. The van der Waals surface area contributed by atoms with Crippen LogP contribution >= 0.6 is 11.3 Å². The number of benzene rings is 3. The molecule has 5 rings (SSSR count). The van der Waals surface area contributed by atoms with E-state index in [1.165, 1.54) is 27.5 Å². The van der Waals surface area contributed by atoms with E-state index in [0.717, 1.165) is 53.6 Å². The Morgan fingerprint density at radius 2 is 1.65 bits per heavy atom. The Morgan fingerprint density at radius 1 is 0.946 bits per heavy atom. The quantitative estimate of drug-likeness (QED) is 0.282. The standard InChI is InChI=1S/C30H32N2O3S2/c1-22-8-10-25(11-9-22)21-32(37(2,34)35)27-12-13-28-26(19-27)20-29(36-28)30(33)31-16-14-24(15-17-31)18-23-6-4-3-5-7-23/h3-13,19-20,24H,14-18,21H2,1-2H3. The third-order valence-electron chi connectivity index (χ3n) is 7.11. The minimum atomic E-state index is -3.49. The maximum atomic E-state index is 13.3. The molecule has 37 heavy (non-hydrogen) atoms. The number of rotatable bonds is 7. The lowest BCUT2D eigenvalue weighted by Gasteiger charge is -2.31. The second kappa shape index (κ2) is 10.7. The van der Waals surface area contributed by atoms with Crippen molar-refractivity contribution in [2.75, 3.05) is 23.7 Å². The predicted molar refractivity (Wildman–Crippen MR) is 153 cm³/mol. The van der Waals surface area contributed by atoms with Crippen LogP contribution in [-0.4, -0.2) is 38.6 Å². The van der Waals surface area contributed by atoms with Gasteiger partial charge in [-0.15, -0.1) is 11.3 Å². The van der Waals surface area contributed by atoms with Crippen LogP contribution in [0.4, 0.5) is 5.69 Å². The summed E-state index contributed by atoms with van der Waals surface area (Å²) in [6, 6.07) is 26.0. The van der Waals surface area contributed by atoms with Crippen molar-refractivity contribution in [1.82, 2.24) is 4.90 Å². The Balaban J connectivity index is 1.30. The van der Waals surface area contributed by atoms with Crippen LogP contribution in [0.5, 0.6) is 0 Å². The van der Waals surface area contributed by atoms with E-state index in [1.54, 1.807) is 0 Å². The van der Waals surface area contributed by atoms with Crippen molar-refractivity contribution in [1.29, 1.82) is 0 Å². The highest BCUT2D eigenvalue weighted by atomic mass is 32.2. The molecular formula is C30H32N2O3S2. The molecule has 0 aliphatic carbocycles. The minimum absolute atomic E-state index is 0.0699. The summed E-state index contributed by atoms with van der Waals surface area (Å²) in [5, 5.41) is 0.891. The second-order valence-corrected chi connectivity index (χ2v) is 13.0. The summed E-state index contributed by atoms with van der Waals surface area (Å²) in [4.78, 5) is 16.0. The smallest absolute Gasteiger partial charge is 0.263 e. The van der Waals surface area contributed by atoms with Crippen LogP contribution in [0.25, 0.3) is 10.1 Å². The van der Waals surface area contributed by atoms with Gasteiger partial charge < -0.3 is 4.90 Å². The van der Waals surface area contributed by atoms with Gasteiger partial charge in [-0.2, -0.15) is 0 Å². The Bertz CT molecular complexity index is 1490.